The van der Waals surface area contributed by atoms with Crippen molar-refractivity contribution in [3.05, 3.63) is 88.1 Å². The summed E-state index contributed by atoms with van der Waals surface area (Å²) in [6.45, 7) is 5.61. The average molecular weight is 475 g/mol. The number of carbonyl (C=O) groups is 1. The molecule has 2 aromatic carbocycles. The summed E-state index contributed by atoms with van der Waals surface area (Å²) >= 11 is 1.52. The average Bonchev–Trinajstić information content (AvgIpc) is 3.44. The van der Waals surface area contributed by atoms with Gasteiger partial charge in [-0.3, -0.25) is 9.69 Å². The van der Waals surface area contributed by atoms with E-state index in [2.05, 4.69) is 59.5 Å². The molecule has 2 aliphatic heterocycles. The number of rotatable bonds is 7. The quantitative estimate of drug-likeness (QED) is 0.417. The van der Waals surface area contributed by atoms with Gasteiger partial charge in [0, 0.05) is 25.6 Å². The van der Waals surface area contributed by atoms with Crippen LogP contribution in [0.3, 0.4) is 0 Å². The minimum atomic E-state index is 0.164. The van der Waals surface area contributed by atoms with Gasteiger partial charge < -0.3 is 9.64 Å². The number of hydrogen-bond acceptors (Lipinski definition) is 4. The second-order valence-electron chi connectivity index (χ2n) is 9.65. The van der Waals surface area contributed by atoms with Gasteiger partial charge in [-0.2, -0.15) is 0 Å². The van der Waals surface area contributed by atoms with Crippen LogP contribution in [0.25, 0.3) is 0 Å². The molecule has 2 saturated heterocycles. The lowest BCUT2D eigenvalue weighted by molar-refractivity contribution is 0.0638. The number of likely N-dealkylation sites (tertiary alicyclic amines) is 2. The van der Waals surface area contributed by atoms with E-state index < -0.39 is 0 Å². The van der Waals surface area contributed by atoms with E-state index >= 15 is 0 Å². The second-order valence-corrected chi connectivity index (χ2v) is 10.6. The van der Waals surface area contributed by atoms with Crippen LogP contribution < -0.4 is 4.74 Å². The zero-order valence-corrected chi connectivity index (χ0v) is 20.6. The van der Waals surface area contributed by atoms with Gasteiger partial charge in [-0.1, -0.05) is 48.5 Å². The highest BCUT2D eigenvalue weighted by atomic mass is 32.1. The summed E-state index contributed by atoms with van der Waals surface area (Å²) in [5.41, 5.74) is 2.83. The summed E-state index contributed by atoms with van der Waals surface area (Å²) in [5, 5.41) is 1.97. The second kappa shape index (κ2) is 11.2. The zero-order chi connectivity index (χ0) is 23.2. The third-order valence-electron chi connectivity index (χ3n) is 7.21. The van der Waals surface area contributed by atoms with Crippen molar-refractivity contribution in [3.8, 4) is 5.75 Å². The van der Waals surface area contributed by atoms with Gasteiger partial charge in [-0.05, 0) is 79.4 Å². The Morgan fingerprint density at radius 1 is 0.912 bits per heavy atom. The summed E-state index contributed by atoms with van der Waals surface area (Å²) in [4.78, 5) is 18.1. The summed E-state index contributed by atoms with van der Waals surface area (Å²) in [6.07, 6.45) is 4.63. The van der Waals surface area contributed by atoms with E-state index in [9.17, 15) is 4.79 Å². The first-order chi connectivity index (χ1) is 16.7. The number of carbonyl (C=O) groups excluding carboxylic acids is 1. The number of benzene rings is 2. The Morgan fingerprint density at radius 3 is 2.44 bits per heavy atom. The first kappa shape index (κ1) is 23.1. The first-order valence-electron chi connectivity index (χ1n) is 12.6. The van der Waals surface area contributed by atoms with Crippen LogP contribution in [0, 0.1) is 5.92 Å². The third kappa shape index (κ3) is 5.89. The van der Waals surface area contributed by atoms with E-state index in [4.69, 9.17) is 4.74 Å². The summed E-state index contributed by atoms with van der Waals surface area (Å²) in [6, 6.07) is 23.4. The third-order valence-corrected chi connectivity index (χ3v) is 8.07. The molecule has 1 atom stereocenters. The van der Waals surface area contributed by atoms with Gasteiger partial charge >= 0.3 is 0 Å². The Labute approximate surface area is 207 Å². The van der Waals surface area contributed by atoms with Crippen molar-refractivity contribution in [2.75, 3.05) is 32.8 Å². The largest absolute Gasteiger partial charge is 0.493 e. The highest BCUT2D eigenvalue weighted by Gasteiger charge is 2.25. The molecule has 0 radical (unpaired) electrons. The van der Waals surface area contributed by atoms with Crippen molar-refractivity contribution in [3.63, 3.8) is 0 Å². The number of nitrogens with zero attached hydrogens (tertiary/aromatic N) is 2. The van der Waals surface area contributed by atoms with Crippen LogP contribution in [0.15, 0.2) is 72.1 Å². The maximum atomic E-state index is 12.7. The monoisotopic (exact) mass is 474 g/mol. The predicted molar refractivity (Wildman–Crippen MR) is 139 cm³/mol. The van der Waals surface area contributed by atoms with Gasteiger partial charge in [0.25, 0.3) is 5.91 Å². The van der Waals surface area contributed by atoms with Crippen LogP contribution >= 0.6 is 11.3 Å². The van der Waals surface area contributed by atoms with Crippen LogP contribution in [0.5, 0.6) is 5.75 Å². The van der Waals surface area contributed by atoms with Crippen LogP contribution in [-0.2, 0) is 6.54 Å². The van der Waals surface area contributed by atoms with Gasteiger partial charge in [0.1, 0.15) is 5.75 Å². The molecule has 0 spiro atoms. The van der Waals surface area contributed by atoms with Crippen molar-refractivity contribution in [1.29, 1.82) is 0 Å². The molecule has 1 amide bonds. The smallest absolute Gasteiger partial charge is 0.263 e. The Morgan fingerprint density at radius 2 is 1.71 bits per heavy atom. The molecule has 34 heavy (non-hydrogen) atoms. The highest BCUT2D eigenvalue weighted by molar-refractivity contribution is 7.12. The topological polar surface area (TPSA) is 32.8 Å². The SMILES string of the molecule is O=C(c1cccs1)N1CCC[C@H](COc2ccc(CN3CCC(c4ccccc4)CC3)cc2)C1. The van der Waals surface area contributed by atoms with Gasteiger partial charge in [0.05, 0.1) is 11.5 Å². The lowest BCUT2D eigenvalue weighted by atomic mass is 9.89. The number of hydrogen-bond donors (Lipinski definition) is 0. The fourth-order valence-electron chi connectivity index (χ4n) is 5.25. The predicted octanol–water partition coefficient (Wildman–Crippen LogP) is 6.06. The molecule has 0 saturated carbocycles. The minimum absolute atomic E-state index is 0.164. The van der Waals surface area contributed by atoms with Crippen LogP contribution in [-0.4, -0.2) is 48.5 Å². The molecule has 3 heterocycles. The minimum Gasteiger partial charge on any atom is -0.493 e. The van der Waals surface area contributed by atoms with E-state index in [1.54, 1.807) is 0 Å². The van der Waals surface area contributed by atoms with E-state index in [1.807, 2.05) is 22.4 Å². The van der Waals surface area contributed by atoms with Crippen molar-refractivity contribution >= 4 is 17.2 Å². The fourth-order valence-corrected chi connectivity index (χ4v) is 5.95. The molecule has 0 aliphatic carbocycles. The first-order valence-corrected chi connectivity index (χ1v) is 13.4. The number of thiophene rings is 1. The molecular formula is C29H34N2O2S. The van der Waals surface area contributed by atoms with E-state index in [0.29, 0.717) is 18.4 Å². The number of ether oxygens (including phenoxy) is 1. The molecule has 5 rings (SSSR count). The highest BCUT2D eigenvalue weighted by Crippen LogP contribution is 2.29. The zero-order valence-electron chi connectivity index (χ0n) is 19.8. The molecule has 2 aliphatic rings. The standard InChI is InChI=1S/C29H34N2O2S/c32-29(28-9-5-19-34-28)31-16-4-6-24(21-31)22-33-27-12-10-23(11-13-27)20-30-17-14-26(15-18-30)25-7-2-1-3-8-25/h1-3,5,7-13,19,24,26H,4,6,14-18,20-22H2/t24-/m0/s1. The fraction of sp³-hybridized carbons (Fsp3) is 0.414. The molecule has 1 aromatic heterocycles. The molecular weight excluding hydrogens is 440 g/mol. The number of amides is 1. The van der Waals surface area contributed by atoms with Gasteiger partial charge in [-0.25, -0.2) is 0 Å². The van der Waals surface area contributed by atoms with Crippen LogP contribution in [0.4, 0.5) is 0 Å². The Hall–Kier alpha value is -2.63. The lowest BCUT2D eigenvalue weighted by Gasteiger charge is -2.32. The summed E-state index contributed by atoms with van der Waals surface area (Å²) < 4.78 is 6.12. The van der Waals surface area contributed by atoms with Crippen LogP contribution in [0.2, 0.25) is 0 Å². The van der Waals surface area contributed by atoms with E-state index in [0.717, 1.165) is 56.2 Å². The van der Waals surface area contributed by atoms with Gasteiger partial charge in [0.15, 0.2) is 0 Å². The molecule has 4 nitrogen and oxygen atoms in total. The Kier molecular flexibility index (Phi) is 7.62. The van der Waals surface area contributed by atoms with E-state index in [1.165, 1.54) is 35.3 Å². The summed E-state index contributed by atoms with van der Waals surface area (Å²) in [7, 11) is 0. The van der Waals surface area contributed by atoms with Crippen molar-refractivity contribution in [2.45, 2.75) is 38.1 Å². The van der Waals surface area contributed by atoms with Crippen molar-refractivity contribution in [1.82, 2.24) is 9.80 Å². The van der Waals surface area contributed by atoms with Gasteiger partial charge in [-0.15, -0.1) is 11.3 Å². The maximum absolute atomic E-state index is 12.7. The van der Waals surface area contributed by atoms with Crippen molar-refractivity contribution in [2.24, 2.45) is 5.92 Å². The number of piperidine rings is 2. The molecule has 5 heteroatoms. The molecule has 0 bridgehead atoms. The van der Waals surface area contributed by atoms with Gasteiger partial charge in [0.2, 0.25) is 0 Å². The molecule has 2 fully saturated rings. The van der Waals surface area contributed by atoms with E-state index in [-0.39, 0.29) is 5.91 Å². The Balaban J connectivity index is 1.06. The van der Waals surface area contributed by atoms with Crippen LogP contribution in [0.1, 0.15) is 52.4 Å². The molecule has 178 valence electrons. The maximum Gasteiger partial charge on any atom is 0.263 e. The Bertz CT molecular complexity index is 1030. The molecule has 3 aromatic rings. The normalized spacial score (nSPS) is 19.8. The lowest BCUT2D eigenvalue weighted by Crippen LogP contribution is -2.41. The molecule has 0 N–H and O–H groups in total. The summed E-state index contributed by atoms with van der Waals surface area (Å²) in [5.74, 6) is 2.18. The molecule has 0 unspecified atom stereocenters. The van der Waals surface area contributed by atoms with Crippen molar-refractivity contribution < 1.29 is 9.53 Å².